The van der Waals surface area contributed by atoms with Crippen molar-refractivity contribution in [3.8, 4) is 0 Å². The van der Waals surface area contributed by atoms with Crippen molar-refractivity contribution in [2.24, 2.45) is 35.3 Å². The maximum atomic E-state index is 15.0. The van der Waals surface area contributed by atoms with Gasteiger partial charge in [-0.2, -0.15) is 0 Å². The number of urea groups is 1. The van der Waals surface area contributed by atoms with Gasteiger partial charge in [0.2, 0.25) is 65.2 Å². The number of nitrogens with zero attached hydrogens (tertiary/aromatic N) is 5. The number of ether oxygens (including phenoxy) is 3. The number of carbonyl (C=O) groups excluding carboxylic acids is 17. The topological polar surface area (TPSA) is 498 Å². The van der Waals surface area contributed by atoms with Crippen LogP contribution in [0.15, 0.2) is 66.7 Å². The number of benzene rings is 2. The molecule has 0 aliphatic carbocycles. The second-order valence-corrected chi connectivity index (χ2v) is 29.2. The van der Waals surface area contributed by atoms with Crippen molar-refractivity contribution < 1.29 is 106 Å². The Balaban J connectivity index is 1.27. The number of methoxy groups -OCH3 is 2. The van der Waals surface area contributed by atoms with E-state index in [2.05, 4.69) is 47.9 Å². The number of aliphatic hydroxyl groups is 1. The number of carbonyl (C=O) groups is 17. The van der Waals surface area contributed by atoms with Gasteiger partial charge in [-0.1, -0.05) is 111 Å². The minimum absolute atomic E-state index is 0.0228. The molecular formula is C76H111N15O22. The van der Waals surface area contributed by atoms with Crippen LogP contribution in [0, 0.1) is 29.6 Å². The van der Waals surface area contributed by atoms with E-state index in [4.69, 9.17) is 24.8 Å². The van der Waals surface area contributed by atoms with Gasteiger partial charge >= 0.3 is 18.1 Å². The van der Waals surface area contributed by atoms with Gasteiger partial charge < -0.3 is 87.5 Å². The molecule has 12 N–H and O–H groups in total. The standard InChI is InChI=1S/C76H111N15O22/c1-15-44(8)65(52(110-13)37-61(100)89-35-20-24-51(89)67(111-14)45(9)69(102)82-46(10)66(101)47-21-17-16-18-22-47)87(11)73(106)63(42(4)5)86-72(105)64(43(6)7)88(12)76(109)112-68(74(107)113-91-59(98)31-32-60(91)99)48-25-27-49(28-26-48)83-70(103)50(23-19-34-78-75(77)108)84-71(104)62(41(2)3)85-56(95)40-81-55(94)39-80-54(93)38-79-53(92)33-36-90-57(96)29-30-58(90)97/h16-18,21-22,25-30,41-46,50-52,62-68,101H,15,19-20,23-24,31-40H2,1-14H3,(H,79,92)(H,80,93)(H,81,94)(H,82,102)(H,83,103)(H,84,104)(H,85,95)(H,86,105)(H3,77,78,108)/t44-,45+,46+,50-,51-,52+,62-,63-,64-,65-,66+,67+,68?/m0/s1. The first-order valence-corrected chi connectivity index (χ1v) is 37.7. The van der Waals surface area contributed by atoms with E-state index in [9.17, 15) is 81.8 Å². The maximum Gasteiger partial charge on any atom is 0.411 e. The number of anilines is 1. The summed E-state index contributed by atoms with van der Waals surface area (Å²) in [7, 11) is 5.68. The van der Waals surface area contributed by atoms with Gasteiger partial charge in [-0.05, 0) is 74.0 Å². The van der Waals surface area contributed by atoms with Crippen molar-refractivity contribution in [1.29, 1.82) is 0 Å². The highest BCUT2D eigenvalue weighted by atomic mass is 16.7. The molecule has 2 aromatic carbocycles. The fourth-order valence-corrected chi connectivity index (χ4v) is 13.3. The van der Waals surface area contributed by atoms with E-state index >= 15 is 4.79 Å². The molecule has 113 heavy (non-hydrogen) atoms. The quantitative estimate of drug-likeness (QED) is 0.0316. The van der Waals surface area contributed by atoms with Crippen LogP contribution in [0.25, 0.3) is 0 Å². The average molecular weight is 1590 g/mol. The SMILES string of the molecule is CC[C@H](C)[C@@H]([C@@H](CC(=O)N1CCC[C@H]1[C@H](OC)[C@@H](C)C(=O)N[C@H](C)[C@@H](O)c1ccccc1)OC)N(C)C(=O)[C@@H](NC(=O)[C@H](C(C)C)N(C)C(=O)OC(C(=O)ON1C(=O)CCC1=O)c1ccc(NC(=O)[C@H](CCCNC(N)=O)NC(=O)[C@@H](NC(=O)CNC(=O)CNC(=O)CNC(=O)CCN2C(=O)C=CC2=O)C(C)C)cc1)C(C)C. The van der Waals surface area contributed by atoms with Crippen LogP contribution in [0.2, 0.25) is 0 Å². The molecule has 3 heterocycles. The predicted molar refractivity (Wildman–Crippen MR) is 405 cm³/mol. The summed E-state index contributed by atoms with van der Waals surface area (Å²) in [5, 5.41) is 33.9. The minimum Gasteiger partial charge on any atom is -0.429 e. The molecule has 5 rings (SSSR count). The van der Waals surface area contributed by atoms with Gasteiger partial charge in [-0.25, -0.2) is 14.4 Å². The van der Waals surface area contributed by atoms with Gasteiger partial charge in [0.1, 0.15) is 24.2 Å². The summed E-state index contributed by atoms with van der Waals surface area (Å²) in [5.74, 6) is -14.2. The number of nitrogens with one attached hydrogen (secondary N) is 9. The van der Waals surface area contributed by atoms with Crippen molar-refractivity contribution in [2.75, 3.05) is 72.9 Å². The number of imide groups is 2. The average Bonchev–Trinajstić information content (AvgIpc) is 1.79. The smallest absolute Gasteiger partial charge is 0.411 e. The van der Waals surface area contributed by atoms with Gasteiger partial charge in [0.25, 0.3) is 23.6 Å². The minimum atomic E-state index is -2.08. The maximum absolute atomic E-state index is 15.0. The molecule has 3 aliphatic heterocycles. The van der Waals surface area contributed by atoms with Crippen molar-refractivity contribution in [3.05, 3.63) is 77.9 Å². The van der Waals surface area contributed by atoms with Crippen LogP contribution in [-0.4, -0.2) is 253 Å². The number of aliphatic hydroxyl groups excluding tert-OH is 1. The van der Waals surface area contributed by atoms with Gasteiger partial charge in [-0.3, -0.25) is 76.9 Å². The summed E-state index contributed by atoms with van der Waals surface area (Å²) in [6.45, 7) is 15.3. The Hall–Kier alpha value is -11.0. The molecule has 37 nitrogen and oxygen atoms in total. The lowest BCUT2D eigenvalue weighted by Gasteiger charge is -2.41. The molecule has 37 heteroatoms. The number of nitrogens with two attached hydrogens (primary N) is 1. The summed E-state index contributed by atoms with van der Waals surface area (Å²) in [6.07, 6.45) is -3.31. The van der Waals surface area contributed by atoms with E-state index < -0.39 is 199 Å². The third-order valence-corrected chi connectivity index (χ3v) is 19.8. The first-order chi connectivity index (χ1) is 53.3. The molecule has 0 aromatic heterocycles. The van der Waals surface area contributed by atoms with Gasteiger partial charge in [0, 0.05) is 90.6 Å². The molecule has 2 aromatic rings. The molecule has 0 spiro atoms. The Bertz CT molecular complexity index is 3730. The summed E-state index contributed by atoms with van der Waals surface area (Å²) < 4.78 is 17.9. The molecule has 0 radical (unpaired) electrons. The molecule has 2 fully saturated rings. The monoisotopic (exact) mass is 1590 g/mol. The van der Waals surface area contributed by atoms with Crippen molar-refractivity contribution in [1.82, 2.24) is 67.2 Å². The Morgan fingerprint density at radius 3 is 1.77 bits per heavy atom. The molecule has 13 atom stereocenters. The molecule has 622 valence electrons. The number of primary amides is 1. The van der Waals surface area contributed by atoms with E-state index in [0.717, 1.165) is 22.0 Å². The summed E-state index contributed by atoms with van der Waals surface area (Å²) in [4.78, 5) is 236. The highest BCUT2D eigenvalue weighted by Gasteiger charge is 2.45. The first kappa shape index (κ1) is 92.7. The van der Waals surface area contributed by atoms with Crippen LogP contribution < -0.4 is 53.6 Å². The number of amides is 17. The third-order valence-electron chi connectivity index (χ3n) is 19.8. The zero-order valence-corrected chi connectivity index (χ0v) is 66.5. The van der Waals surface area contributed by atoms with Crippen LogP contribution in [0.5, 0.6) is 0 Å². The van der Waals surface area contributed by atoms with Crippen molar-refractivity contribution in [2.45, 2.75) is 194 Å². The molecule has 3 aliphatic rings. The van der Waals surface area contributed by atoms with Crippen LogP contribution in [-0.2, 0) is 91.0 Å². The normalized spacial score (nSPS) is 17.3. The van der Waals surface area contributed by atoms with Crippen molar-refractivity contribution >= 4 is 106 Å². The summed E-state index contributed by atoms with van der Waals surface area (Å²) in [6, 6.07) is 5.76. The van der Waals surface area contributed by atoms with Gasteiger partial charge in [-0.15, -0.1) is 5.06 Å². The van der Waals surface area contributed by atoms with Crippen LogP contribution in [0.4, 0.5) is 15.3 Å². The molecule has 17 amide bonds. The lowest BCUT2D eigenvalue weighted by molar-refractivity contribution is -0.204. The van der Waals surface area contributed by atoms with E-state index in [1.54, 1.807) is 91.6 Å². The van der Waals surface area contributed by atoms with Crippen LogP contribution >= 0.6 is 0 Å². The fraction of sp³-hybridized carbons (Fsp3) is 0.592. The fourth-order valence-electron chi connectivity index (χ4n) is 13.3. The number of hydroxylamine groups is 2. The zero-order chi connectivity index (χ0) is 84.2. The van der Waals surface area contributed by atoms with E-state index in [1.807, 2.05) is 19.9 Å². The lowest BCUT2D eigenvalue weighted by Crippen LogP contribution is -2.60. The predicted octanol–water partition coefficient (Wildman–Crippen LogP) is 0.404. The van der Waals surface area contributed by atoms with E-state index in [0.29, 0.717) is 31.4 Å². The number of rotatable bonds is 43. The summed E-state index contributed by atoms with van der Waals surface area (Å²) in [5.41, 5.74) is 5.76. The van der Waals surface area contributed by atoms with Gasteiger partial charge in [0.15, 0.2) is 0 Å². The zero-order valence-electron chi connectivity index (χ0n) is 66.5. The Morgan fingerprint density at radius 2 is 1.22 bits per heavy atom. The molecule has 1 unspecified atom stereocenters. The third kappa shape index (κ3) is 26.9. The Labute approximate surface area is 656 Å². The highest BCUT2D eigenvalue weighted by molar-refractivity contribution is 6.13. The number of likely N-dealkylation sites (N-methyl/N-ethyl adjacent to an activating group) is 2. The number of hydrogen-bond acceptors (Lipinski definition) is 22. The van der Waals surface area contributed by atoms with E-state index in [-0.39, 0.29) is 85.7 Å². The molecular weight excluding hydrogens is 1470 g/mol. The largest absolute Gasteiger partial charge is 0.429 e. The van der Waals surface area contributed by atoms with E-state index in [1.165, 1.54) is 50.4 Å². The summed E-state index contributed by atoms with van der Waals surface area (Å²) >= 11 is 0. The second-order valence-electron chi connectivity index (χ2n) is 29.2. The van der Waals surface area contributed by atoms with Crippen molar-refractivity contribution in [3.63, 3.8) is 0 Å². The lowest BCUT2D eigenvalue weighted by atomic mass is 9.89. The van der Waals surface area contributed by atoms with Crippen LogP contribution in [0.3, 0.4) is 0 Å². The Morgan fingerprint density at radius 1 is 0.637 bits per heavy atom. The second kappa shape index (κ2) is 44.3. The molecule has 0 saturated carbocycles. The Kier molecular flexibility index (Phi) is 36.4. The first-order valence-electron chi connectivity index (χ1n) is 37.7. The number of likely N-dealkylation sites (tertiary alicyclic amines) is 1. The highest BCUT2D eigenvalue weighted by Crippen LogP contribution is 2.32. The molecule has 0 bridgehead atoms. The molecule has 2 saturated heterocycles. The van der Waals surface area contributed by atoms with Crippen LogP contribution in [0.1, 0.15) is 150 Å². The van der Waals surface area contributed by atoms with Gasteiger partial charge in [0.05, 0.1) is 68.4 Å². The number of hydrogen-bond donors (Lipinski definition) is 11.